The summed E-state index contributed by atoms with van der Waals surface area (Å²) in [5, 5.41) is 6.46. The molecule has 0 spiro atoms. The highest BCUT2D eigenvalue weighted by molar-refractivity contribution is 7.98. The van der Waals surface area contributed by atoms with E-state index in [9.17, 15) is 13.2 Å². The van der Waals surface area contributed by atoms with Crippen LogP contribution in [0.5, 0.6) is 0 Å². The second-order valence-electron chi connectivity index (χ2n) is 7.96. The third-order valence-corrected chi connectivity index (χ3v) is 6.58. The summed E-state index contributed by atoms with van der Waals surface area (Å²) in [6.45, 7) is 3.94. The Balaban J connectivity index is 1.47. The summed E-state index contributed by atoms with van der Waals surface area (Å²) >= 11 is 1.28. The Bertz CT molecular complexity index is 1280. The van der Waals surface area contributed by atoms with Crippen molar-refractivity contribution in [2.75, 3.05) is 37.3 Å². The quantitative estimate of drug-likeness (QED) is 0.337. The number of thioether (sulfide) groups is 1. The van der Waals surface area contributed by atoms with Crippen molar-refractivity contribution in [2.24, 2.45) is 0 Å². The molecule has 5 rings (SSSR count). The maximum absolute atomic E-state index is 13.4. The van der Waals surface area contributed by atoms with Crippen LogP contribution in [-0.2, 0) is 6.18 Å². The third-order valence-electron chi connectivity index (χ3n) is 5.87. The lowest BCUT2D eigenvalue weighted by Crippen LogP contribution is -2.43. The average molecular weight is 471 g/mol. The molecule has 0 unspecified atom stereocenters. The maximum atomic E-state index is 13.4. The van der Waals surface area contributed by atoms with Gasteiger partial charge in [0, 0.05) is 36.8 Å². The summed E-state index contributed by atoms with van der Waals surface area (Å²) in [5.74, 6) is 0. The molecule has 0 aliphatic carbocycles. The van der Waals surface area contributed by atoms with Crippen molar-refractivity contribution < 1.29 is 17.7 Å². The van der Waals surface area contributed by atoms with Crippen molar-refractivity contribution in [3.05, 3.63) is 66.6 Å². The molecule has 0 saturated carbocycles. The number of nitrogens with one attached hydrogen (secondary N) is 2. The van der Waals surface area contributed by atoms with Crippen molar-refractivity contribution in [3.8, 4) is 22.3 Å². The summed E-state index contributed by atoms with van der Waals surface area (Å²) in [7, 11) is 0. The van der Waals surface area contributed by atoms with Crippen LogP contribution in [0.25, 0.3) is 27.9 Å². The van der Waals surface area contributed by atoms with E-state index in [0.717, 1.165) is 37.3 Å². The second kappa shape index (κ2) is 8.72. The van der Waals surface area contributed by atoms with E-state index in [1.807, 2.05) is 6.20 Å². The molecule has 1 aliphatic heterocycles. The van der Waals surface area contributed by atoms with E-state index in [2.05, 4.69) is 44.6 Å². The average Bonchev–Trinajstić information content (AvgIpc) is 3.27. The number of rotatable bonds is 4. The largest absolute Gasteiger partial charge is 0.416 e. The molecule has 1 saturated heterocycles. The number of piperazine rings is 1. The van der Waals surface area contributed by atoms with Crippen LogP contribution in [-0.4, -0.2) is 42.5 Å². The number of H-pyrrole nitrogens is 1. The smallest absolute Gasteiger partial charge is 0.369 e. The molecule has 3 heterocycles. The predicted octanol–water partition coefficient (Wildman–Crippen LogP) is 4.63. The molecule has 9 heteroatoms. The lowest BCUT2D eigenvalue weighted by atomic mass is 10.0. The molecule has 0 radical (unpaired) electrons. The molecule has 1 fully saturated rings. The van der Waals surface area contributed by atoms with Gasteiger partial charge in [-0.05, 0) is 52.7 Å². The highest BCUT2D eigenvalue weighted by Crippen LogP contribution is 2.36. The molecule has 2 aromatic carbocycles. The number of hydrogen-bond acceptors (Lipinski definition) is 4. The van der Waals surface area contributed by atoms with Gasteiger partial charge < -0.3 is 10.2 Å². The first-order valence-electron chi connectivity index (χ1n) is 10.6. The van der Waals surface area contributed by atoms with E-state index in [4.69, 9.17) is 0 Å². The molecular formula is C24H23F3N5S+. The van der Waals surface area contributed by atoms with Crippen LogP contribution in [0, 0.1) is 0 Å². The van der Waals surface area contributed by atoms with Gasteiger partial charge in [0.05, 0.1) is 22.9 Å². The van der Waals surface area contributed by atoms with Crippen LogP contribution in [0.3, 0.4) is 0 Å². The van der Waals surface area contributed by atoms with Crippen molar-refractivity contribution in [1.82, 2.24) is 15.4 Å². The fourth-order valence-electron chi connectivity index (χ4n) is 4.11. The van der Waals surface area contributed by atoms with Crippen LogP contribution in [0.2, 0.25) is 0 Å². The molecule has 33 heavy (non-hydrogen) atoms. The first-order chi connectivity index (χ1) is 15.9. The highest BCUT2D eigenvalue weighted by Gasteiger charge is 2.32. The number of nitrogens with zero attached hydrogens (tertiary/aromatic N) is 3. The van der Waals surface area contributed by atoms with Crippen LogP contribution >= 0.6 is 11.8 Å². The zero-order valence-corrected chi connectivity index (χ0v) is 18.8. The van der Waals surface area contributed by atoms with E-state index in [-0.39, 0.29) is 0 Å². The minimum Gasteiger partial charge on any atom is -0.369 e. The van der Waals surface area contributed by atoms with Gasteiger partial charge >= 0.3 is 11.8 Å². The standard InChI is InChI=1S/C24H22F3N5S/c1-33-21-11-17(10-19(12-21)24(25,26)27)22-14-30-32-15-18(13-29-23(22)32)16-2-4-20(5-3-16)31-8-6-28-7-9-31/h2-5,10-15,28H,6-9H2,1H3/p+1. The second-order valence-corrected chi connectivity index (χ2v) is 8.83. The molecule has 4 aromatic rings. The highest BCUT2D eigenvalue weighted by atomic mass is 32.2. The van der Waals surface area contributed by atoms with Gasteiger partial charge in [0.25, 0.3) is 0 Å². The van der Waals surface area contributed by atoms with Crippen molar-refractivity contribution in [3.63, 3.8) is 0 Å². The minimum atomic E-state index is -4.41. The van der Waals surface area contributed by atoms with E-state index < -0.39 is 11.7 Å². The molecule has 0 amide bonds. The molecular weight excluding hydrogens is 447 g/mol. The Morgan fingerprint density at radius 2 is 1.76 bits per heavy atom. The van der Waals surface area contributed by atoms with Gasteiger partial charge in [-0.1, -0.05) is 12.1 Å². The molecule has 2 aromatic heterocycles. The number of halogens is 3. The fraction of sp³-hybridized carbons (Fsp3) is 0.250. The molecule has 5 nitrogen and oxygen atoms in total. The van der Waals surface area contributed by atoms with E-state index in [0.29, 0.717) is 21.7 Å². The Labute approximate surface area is 193 Å². The third kappa shape index (κ3) is 4.43. The normalized spacial score (nSPS) is 14.7. The van der Waals surface area contributed by atoms with E-state index in [1.54, 1.807) is 29.2 Å². The molecule has 170 valence electrons. The number of hydrogen-bond donors (Lipinski definition) is 2. The molecule has 2 N–H and O–H groups in total. The number of alkyl halides is 3. The lowest BCUT2D eigenvalue weighted by Gasteiger charge is -2.29. The van der Waals surface area contributed by atoms with Gasteiger partial charge in [-0.2, -0.15) is 13.2 Å². The summed E-state index contributed by atoms with van der Waals surface area (Å²) < 4.78 is 41.9. The number of fused-ring (bicyclic) bond motifs is 1. The molecule has 0 atom stereocenters. The monoisotopic (exact) mass is 470 g/mol. The number of aromatic nitrogens is 3. The zero-order valence-electron chi connectivity index (χ0n) is 18.0. The minimum absolute atomic E-state index is 0.480. The van der Waals surface area contributed by atoms with E-state index in [1.165, 1.54) is 29.6 Å². The Morgan fingerprint density at radius 1 is 1.00 bits per heavy atom. The van der Waals surface area contributed by atoms with Crippen LogP contribution in [0.15, 0.2) is 66.0 Å². The van der Waals surface area contributed by atoms with Gasteiger partial charge in [-0.3, -0.25) is 0 Å². The SMILES string of the molecule is CSc1cc(-c2c[nH][n+]3cc(-c4ccc(N5CCNCC5)cc4)cnc23)cc(C(F)(F)F)c1. The Hall–Kier alpha value is -3.04. The van der Waals surface area contributed by atoms with Crippen molar-refractivity contribution >= 4 is 23.1 Å². The van der Waals surface area contributed by atoms with Crippen molar-refractivity contribution in [1.29, 1.82) is 0 Å². The number of aromatic amines is 1. The van der Waals surface area contributed by atoms with Gasteiger partial charge in [0.1, 0.15) is 6.20 Å². The van der Waals surface area contributed by atoms with E-state index >= 15 is 0 Å². The summed E-state index contributed by atoms with van der Waals surface area (Å²) in [6, 6.07) is 12.5. The summed E-state index contributed by atoms with van der Waals surface area (Å²) in [4.78, 5) is 7.49. The number of benzene rings is 2. The van der Waals surface area contributed by atoms with Crippen LogP contribution in [0.1, 0.15) is 5.56 Å². The topological polar surface area (TPSA) is 48.1 Å². The molecule has 0 bridgehead atoms. The van der Waals surface area contributed by atoms with Crippen molar-refractivity contribution in [2.45, 2.75) is 11.1 Å². The van der Waals surface area contributed by atoms with Gasteiger partial charge in [-0.15, -0.1) is 16.3 Å². The van der Waals surface area contributed by atoms with Crippen LogP contribution in [0.4, 0.5) is 18.9 Å². The maximum Gasteiger partial charge on any atom is 0.416 e. The van der Waals surface area contributed by atoms with Gasteiger partial charge in [-0.25, -0.2) is 5.10 Å². The zero-order chi connectivity index (χ0) is 23.0. The first-order valence-corrected chi connectivity index (χ1v) is 11.9. The summed E-state index contributed by atoms with van der Waals surface area (Å²) in [6.07, 6.45) is 2.72. The van der Waals surface area contributed by atoms with Gasteiger partial charge in [0.2, 0.25) is 0 Å². The Kier molecular flexibility index (Phi) is 5.76. The fourth-order valence-corrected chi connectivity index (χ4v) is 4.60. The lowest BCUT2D eigenvalue weighted by molar-refractivity contribution is -0.578. The number of anilines is 1. The Morgan fingerprint density at radius 3 is 2.45 bits per heavy atom. The molecule has 1 aliphatic rings. The van der Waals surface area contributed by atoms with Gasteiger partial charge in [0.15, 0.2) is 6.20 Å². The summed E-state index contributed by atoms with van der Waals surface area (Å²) in [5.41, 5.74) is 4.15. The predicted molar refractivity (Wildman–Crippen MR) is 124 cm³/mol. The first kappa shape index (κ1) is 21.8. The van der Waals surface area contributed by atoms with Crippen LogP contribution < -0.4 is 14.7 Å².